The molecule has 1 fully saturated rings. The van der Waals surface area contributed by atoms with Gasteiger partial charge in [0.25, 0.3) is 0 Å². The van der Waals surface area contributed by atoms with Gasteiger partial charge in [0.05, 0.1) is 23.2 Å². The maximum atomic E-state index is 11.8. The fraction of sp³-hybridized carbons (Fsp3) is 0.389. The van der Waals surface area contributed by atoms with Gasteiger partial charge >= 0.3 is 5.97 Å². The maximum Gasteiger partial charge on any atom is 0.307 e. The fourth-order valence-electron chi connectivity index (χ4n) is 2.91. The summed E-state index contributed by atoms with van der Waals surface area (Å²) < 4.78 is 1.90. The van der Waals surface area contributed by atoms with Gasteiger partial charge < -0.3 is 10.4 Å². The summed E-state index contributed by atoms with van der Waals surface area (Å²) in [5, 5.41) is 16.1. The highest BCUT2D eigenvalue weighted by Gasteiger charge is 2.48. The van der Waals surface area contributed by atoms with Crippen LogP contribution in [0.2, 0.25) is 0 Å². The molecule has 1 aromatic heterocycles. The van der Waals surface area contributed by atoms with Crippen LogP contribution in [-0.4, -0.2) is 33.3 Å². The van der Waals surface area contributed by atoms with Crippen LogP contribution in [-0.2, 0) is 16.0 Å². The molecule has 0 unspecified atom stereocenters. The molecule has 1 aromatic carbocycles. The smallest absolute Gasteiger partial charge is 0.307 e. The van der Waals surface area contributed by atoms with Gasteiger partial charge in [-0.05, 0) is 50.5 Å². The van der Waals surface area contributed by atoms with Crippen molar-refractivity contribution in [1.82, 2.24) is 15.1 Å². The number of hydrogen-bond donors (Lipinski definition) is 2. The number of aromatic nitrogens is 2. The quantitative estimate of drug-likeness (QED) is 0.848. The number of nitrogens with one attached hydrogen (secondary N) is 1. The SMILES string of the molecule is Cc1cc(C)n(-c2ccc(CCNC(=O)[C@H]3C[C@H]3C(=O)O)cc2)n1. The van der Waals surface area contributed by atoms with Gasteiger partial charge in [-0.2, -0.15) is 5.10 Å². The molecule has 0 spiro atoms. The van der Waals surface area contributed by atoms with E-state index in [0.717, 1.165) is 22.6 Å². The molecule has 0 saturated heterocycles. The molecule has 1 heterocycles. The molecule has 0 radical (unpaired) electrons. The summed E-state index contributed by atoms with van der Waals surface area (Å²) in [7, 11) is 0. The molecular formula is C18H21N3O3. The van der Waals surface area contributed by atoms with Crippen molar-refractivity contribution in [3.05, 3.63) is 47.3 Å². The van der Waals surface area contributed by atoms with Crippen molar-refractivity contribution in [3.63, 3.8) is 0 Å². The highest BCUT2D eigenvalue weighted by Crippen LogP contribution is 2.38. The lowest BCUT2D eigenvalue weighted by molar-refractivity contribution is -0.140. The van der Waals surface area contributed by atoms with Gasteiger partial charge in [0, 0.05) is 12.2 Å². The Morgan fingerprint density at radius 1 is 1.25 bits per heavy atom. The monoisotopic (exact) mass is 327 g/mol. The Morgan fingerprint density at radius 2 is 1.96 bits per heavy atom. The summed E-state index contributed by atoms with van der Waals surface area (Å²) in [6, 6.07) is 10.1. The number of carbonyl (C=O) groups is 2. The number of nitrogens with zero attached hydrogens (tertiary/aromatic N) is 2. The molecule has 1 amide bonds. The summed E-state index contributed by atoms with van der Waals surface area (Å²) in [5.41, 5.74) is 4.20. The Labute approximate surface area is 140 Å². The van der Waals surface area contributed by atoms with Crippen molar-refractivity contribution in [2.45, 2.75) is 26.7 Å². The predicted octanol–water partition coefficient (Wildman–Crippen LogP) is 1.87. The normalized spacial score (nSPS) is 19.1. The van der Waals surface area contributed by atoms with E-state index in [2.05, 4.69) is 10.4 Å². The average Bonchev–Trinajstić information content (AvgIpc) is 3.28. The van der Waals surface area contributed by atoms with Crippen molar-refractivity contribution >= 4 is 11.9 Å². The molecule has 6 heteroatoms. The van der Waals surface area contributed by atoms with Crippen LogP contribution in [0.4, 0.5) is 0 Å². The van der Waals surface area contributed by atoms with Gasteiger partial charge in [0.1, 0.15) is 0 Å². The Hall–Kier alpha value is -2.63. The summed E-state index contributed by atoms with van der Waals surface area (Å²) in [4.78, 5) is 22.6. The first-order valence-corrected chi connectivity index (χ1v) is 8.09. The summed E-state index contributed by atoms with van der Waals surface area (Å²) >= 11 is 0. The molecule has 6 nitrogen and oxygen atoms in total. The molecule has 0 aliphatic heterocycles. The van der Waals surface area contributed by atoms with E-state index in [1.54, 1.807) is 0 Å². The summed E-state index contributed by atoms with van der Waals surface area (Å²) in [5.74, 6) is -1.88. The third kappa shape index (κ3) is 3.48. The van der Waals surface area contributed by atoms with Gasteiger partial charge in [-0.3, -0.25) is 9.59 Å². The Balaban J connectivity index is 1.51. The zero-order valence-corrected chi connectivity index (χ0v) is 13.8. The van der Waals surface area contributed by atoms with Gasteiger partial charge in [-0.25, -0.2) is 4.68 Å². The predicted molar refractivity (Wildman–Crippen MR) is 89.0 cm³/mol. The van der Waals surface area contributed by atoms with E-state index in [9.17, 15) is 9.59 Å². The van der Waals surface area contributed by atoms with E-state index in [-0.39, 0.29) is 11.8 Å². The van der Waals surface area contributed by atoms with Crippen LogP contribution >= 0.6 is 0 Å². The standard InChI is InChI=1S/C18H21N3O3/c1-11-9-12(2)21(20-11)14-5-3-13(4-6-14)7-8-19-17(22)15-10-16(15)18(23)24/h3-6,9,15-16H,7-8,10H2,1-2H3,(H,19,22)(H,23,24)/t15-,16+/m0/s1. The van der Waals surface area contributed by atoms with Gasteiger partial charge in [0.15, 0.2) is 0 Å². The van der Waals surface area contributed by atoms with E-state index >= 15 is 0 Å². The first-order chi connectivity index (χ1) is 11.5. The second-order valence-electron chi connectivity index (χ2n) is 6.33. The van der Waals surface area contributed by atoms with Crippen molar-refractivity contribution < 1.29 is 14.7 Å². The minimum atomic E-state index is -0.880. The average molecular weight is 327 g/mol. The third-order valence-corrected chi connectivity index (χ3v) is 4.35. The molecule has 2 aromatic rings. The van der Waals surface area contributed by atoms with Crippen molar-refractivity contribution in [3.8, 4) is 5.69 Å². The van der Waals surface area contributed by atoms with Crippen molar-refractivity contribution in [2.75, 3.05) is 6.54 Å². The number of hydrogen-bond acceptors (Lipinski definition) is 3. The molecular weight excluding hydrogens is 306 g/mol. The number of rotatable bonds is 6. The van der Waals surface area contributed by atoms with E-state index in [4.69, 9.17) is 5.11 Å². The first-order valence-electron chi connectivity index (χ1n) is 8.09. The minimum Gasteiger partial charge on any atom is -0.481 e. The van der Waals surface area contributed by atoms with Crippen molar-refractivity contribution in [1.29, 1.82) is 0 Å². The largest absolute Gasteiger partial charge is 0.481 e. The van der Waals surface area contributed by atoms with E-state index < -0.39 is 11.9 Å². The summed E-state index contributed by atoms with van der Waals surface area (Å²) in [6.45, 7) is 4.50. The molecule has 1 aliphatic rings. The van der Waals surface area contributed by atoms with E-state index in [0.29, 0.717) is 19.4 Å². The topological polar surface area (TPSA) is 84.2 Å². The van der Waals surface area contributed by atoms with E-state index in [1.165, 1.54) is 0 Å². The number of carbonyl (C=O) groups excluding carboxylic acids is 1. The molecule has 24 heavy (non-hydrogen) atoms. The number of aryl methyl sites for hydroxylation is 2. The Morgan fingerprint density at radius 3 is 2.50 bits per heavy atom. The van der Waals surface area contributed by atoms with Crippen LogP contribution in [0.3, 0.4) is 0 Å². The van der Waals surface area contributed by atoms with Crippen LogP contribution in [0.15, 0.2) is 30.3 Å². The third-order valence-electron chi connectivity index (χ3n) is 4.35. The number of amides is 1. The Kier molecular flexibility index (Phi) is 4.38. The molecule has 3 rings (SSSR count). The van der Waals surface area contributed by atoms with Crippen LogP contribution < -0.4 is 5.32 Å². The maximum absolute atomic E-state index is 11.8. The van der Waals surface area contributed by atoms with E-state index in [1.807, 2.05) is 48.9 Å². The van der Waals surface area contributed by atoms with Gasteiger partial charge in [-0.1, -0.05) is 12.1 Å². The van der Waals surface area contributed by atoms with Crippen LogP contribution in [0, 0.1) is 25.7 Å². The van der Waals surface area contributed by atoms with Crippen LogP contribution in [0.1, 0.15) is 23.4 Å². The number of aliphatic carboxylic acids is 1. The zero-order valence-electron chi connectivity index (χ0n) is 13.8. The fourth-order valence-corrected chi connectivity index (χ4v) is 2.91. The lowest BCUT2D eigenvalue weighted by Gasteiger charge is -2.07. The molecule has 2 N–H and O–H groups in total. The van der Waals surface area contributed by atoms with Crippen molar-refractivity contribution in [2.24, 2.45) is 11.8 Å². The van der Waals surface area contributed by atoms with Crippen LogP contribution in [0.25, 0.3) is 5.69 Å². The molecule has 1 saturated carbocycles. The zero-order chi connectivity index (χ0) is 17.3. The van der Waals surface area contributed by atoms with Crippen LogP contribution in [0.5, 0.6) is 0 Å². The van der Waals surface area contributed by atoms with Gasteiger partial charge in [0.2, 0.25) is 5.91 Å². The lowest BCUT2D eigenvalue weighted by atomic mass is 10.1. The molecule has 0 bridgehead atoms. The highest BCUT2D eigenvalue weighted by atomic mass is 16.4. The number of carboxylic acid groups (broad SMARTS) is 1. The second kappa shape index (κ2) is 6.47. The minimum absolute atomic E-state index is 0.151. The van der Waals surface area contributed by atoms with Gasteiger partial charge in [-0.15, -0.1) is 0 Å². The Bertz CT molecular complexity index is 764. The second-order valence-corrected chi connectivity index (χ2v) is 6.33. The lowest BCUT2D eigenvalue weighted by Crippen LogP contribution is -2.28. The molecule has 126 valence electrons. The number of benzene rings is 1. The number of carboxylic acids is 1. The molecule has 2 atom stereocenters. The first kappa shape index (κ1) is 16.2. The summed E-state index contributed by atoms with van der Waals surface area (Å²) in [6.07, 6.45) is 1.17. The highest BCUT2D eigenvalue weighted by molar-refractivity contribution is 5.89. The molecule has 1 aliphatic carbocycles.